The van der Waals surface area contributed by atoms with Crippen LogP contribution in [0.1, 0.15) is 30.5 Å². The Kier molecular flexibility index (Phi) is 7.03. The summed E-state index contributed by atoms with van der Waals surface area (Å²) in [7, 11) is 0. The standard InChI is InChI=1S/C28H25ClFNO3/c1-4-33-27-18(3)28-23(24(16-34-28)19-9-11-21(30)12-10-19)14-22(27)17(2)13-26(32)31-15-20-7-5-6-8-25(20)29/h5-14,16H,4,15H2,1-3H3,(H,31,32)/b17-13+. The summed E-state index contributed by atoms with van der Waals surface area (Å²) in [6, 6.07) is 15.6. The van der Waals surface area contributed by atoms with E-state index in [-0.39, 0.29) is 11.7 Å². The number of halogens is 2. The highest BCUT2D eigenvalue weighted by Crippen LogP contribution is 2.40. The zero-order valence-corrected chi connectivity index (χ0v) is 20.0. The molecular formula is C28H25ClFNO3. The van der Waals surface area contributed by atoms with Gasteiger partial charge in [0.15, 0.2) is 0 Å². The molecule has 0 atom stereocenters. The average Bonchev–Trinajstić information content (AvgIpc) is 3.25. The van der Waals surface area contributed by atoms with Gasteiger partial charge in [-0.1, -0.05) is 41.9 Å². The highest BCUT2D eigenvalue weighted by Gasteiger charge is 2.19. The summed E-state index contributed by atoms with van der Waals surface area (Å²) in [6.45, 7) is 6.51. The van der Waals surface area contributed by atoms with Crippen molar-refractivity contribution >= 4 is 34.1 Å². The quantitative estimate of drug-likeness (QED) is 0.284. The number of carbonyl (C=O) groups is 1. The van der Waals surface area contributed by atoms with Crippen LogP contribution in [0.5, 0.6) is 5.75 Å². The first-order valence-corrected chi connectivity index (χ1v) is 11.4. The van der Waals surface area contributed by atoms with Crippen molar-refractivity contribution in [3.05, 3.63) is 94.5 Å². The number of fused-ring (bicyclic) bond motifs is 1. The Balaban J connectivity index is 1.71. The first-order chi connectivity index (χ1) is 16.4. The fraction of sp³-hybridized carbons (Fsp3) is 0.179. The number of amides is 1. The maximum absolute atomic E-state index is 13.4. The van der Waals surface area contributed by atoms with Gasteiger partial charge in [-0.15, -0.1) is 0 Å². The molecule has 0 fully saturated rings. The van der Waals surface area contributed by atoms with E-state index in [2.05, 4.69) is 5.32 Å². The first kappa shape index (κ1) is 23.6. The third-order valence-corrected chi connectivity index (χ3v) is 6.04. The van der Waals surface area contributed by atoms with Gasteiger partial charge in [-0.05, 0) is 61.7 Å². The molecule has 6 heteroatoms. The second-order valence-corrected chi connectivity index (χ2v) is 8.39. The lowest BCUT2D eigenvalue weighted by atomic mass is 9.96. The smallest absolute Gasteiger partial charge is 0.244 e. The second-order valence-electron chi connectivity index (χ2n) is 7.98. The summed E-state index contributed by atoms with van der Waals surface area (Å²) in [6.07, 6.45) is 3.22. The van der Waals surface area contributed by atoms with Crippen molar-refractivity contribution < 1.29 is 18.3 Å². The van der Waals surface area contributed by atoms with Crippen molar-refractivity contribution in [2.24, 2.45) is 0 Å². The van der Waals surface area contributed by atoms with Crippen LogP contribution in [0, 0.1) is 12.7 Å². The van der Waals surface area contributed by atoms with Crippen molar-refractivity contribution in [3.8, 4) is 16.9 Å². The van der Waals surface area contributed by atoms with Crippen molar-refractivity contribution in [1.29, 1.82) is 0 Å². The molecule has 34 heavy (non-hydrogen) atoms. The molecule has 0 aliphatic carbocycles. The molecule has 4 aromatic rings. The number of hydrogen-bond donors (Lipinski definition) is 1. The second kappa shape index (κ2) is 10.1. The Morgan fingerprint density at radius 1 is 1.18 bits per heavy atom. The van der Waals surface area contributed by atoms with Gasteiger partial charge in [-0.3, -0.25) is 4.79 Å². The van der Waals surface area contributed by atoms with E-state index in [0.717, 1.165) is 38.8 Å². The van der Waals surface area contributed by atoms with Gasteiger partial charge < -0.3 is 14.5 Å². The molecule has 0 unspecified atom stereocenters. The number of aryl methyl sites for hydroxylation is 1. The average molecular weight is 478 g/mol. The zero-order valence-electron chi connectivity index (χ0n) is 19.2. The molecule has 0 aliphatic heterocycles. The Hall–Kier alpha value is -3.57. The zero-order chi connectivity index (χ0) is 24.2. The summed E-state index contributed by atoms with van der Waals surface area (Å²) in [4.78, 5) is 12.7. The number of furan rings is 1. The van der Waals surface area contributed by atoms with Gasteiger partial charge in [0.25, 0.3) is 0 Å². The highest BCUT2D eigenvalue weighted by molar-refractivity contribution is 6.31. The molecule has 1 heterocycles. The van der Waals surface area contributed by atoms with Crippen LogP contribution in [0.2, 0.25) is 5.02 Å². The topological polar surface area (TPSA) is 51.5 Å². The van der Waals surface area contributed by atoms with Crippen LogP contribution in [0.25, 0.3) is 27.7 Å². The van der Waals surface area contributed by atoms with Gasteiger partial charge in [0, 0.05) is 39.7 Å². The minimum absolute atomic E-state index is 0.233. The molecule has 4 nitrogen and oxygen atoms in total. The van der Waals surface area contributed by atoms with Gasteiger partial charge in [0.05, 0.1) is 12.9 Å². The molecule has 0 saturated carbocycles. The van der Waals surface area contributed by atoms with E-state index in [1.54, 1.807) is 30.5 Å². The Morgan fingerprint density at radius 2 is 1.91 bits per heavy atom. The molecule has 0 aliphatic rings. The van der Waals surface area contributed by atoms with E-state index in [0.29, 0.717) is 29.5 Å². The fourth-order valence-corrected chi connectivity index (χ4v) is 4.14. The summed E-state index contributed by atoms with van der Waals surface area (Å²) in [5.74, 6) is 0.139. The summed E-state index contributed by atoms with van der Waals surface area (Å²) in [5, 5.41) is 4.36. The van der Waals surface area contributed by atoms with Crippen LogP contribution in [0.15, 0.2) is 71.4 Å². The van der Waals surface area contributed by atoms with Gasteiger partial charge >= 0.3 is 0 Å². The Bertz CT molecular complexity index is 1370. The molecule has 1 N–H and O–H groups in total. The molecule has 1 amide bonds. The number of nitrogens with one attached hydrogen (secondary N) is 1. The number of benzene rings is 3. The minimum atomic E-state index is -0.298. The van der Waals surface area contributed by atoms with Gasteiger partial charge in [0.2, 0.25) is 5.91 Å². The van der Waals surface area contributed by atoms with E-state index in [4.69, 9.17) is 20.8 Å². The predicted octanol–water partition coefficient (Wildman–Crippen LogP) is 7.32. The van der Waals surface area contributed by atoms with Crippen molar-refractivity contribution in [3.63, 3.8) is 0 Å². The highest BCUT2D eigenvalue weighted by atomic mass is 35.5. The number of hydrogen-bond acceptors (Lipinski definition) is 3. The lowest BCUT2D eigenvalue weighted by Crippen LogP contribution is -2.20. The molecule has 3 aromatic carbocycles. The fourth-order valence-electron chi connectivity index (χ4n) is 3.94. The van der Waals surface area contributed by atoms with Crippen LogP contribution >= 0.6 is 11.6 Å². The lowest BCUT2D eigenvalue weighted by Gasteiger charge is -2.15. The molecule has 4 rings (SSSR count). The van der Waals surface area contributed by atoms with Crippen molar-refractivity contribution in [2.75, 3.05) is 6.61 Å². The monoisotopic (exact) mass is 477 g/mol. The predicted molar refractivity (Wildman–Crippen MR) is 134 cm³/mol. The SMILES string of the molecule is CCOc1c(/C(C)=C/C(=O)NCc2ccccc2Cl)cc2c(-c3ccc(F)cc3)coc2c1C. The number of rotatable bonds is 7. The van der Waals surface area contributed by atoms with Crippen LogP contribution in [0.4, 0.5) is 4.39 Å². The van der Waals surface area contributed by atoms with Gasteiger partial charge in [-0.2, -0.15) is 0 Å². The van der Waals surface area contributed by atoms with Crippen molar-refractivity contribution in [1.82, 2.24) is 5.32 Å². The maximum atomic E-state index is 13.4. The third kappa shape index (κ3) is 4.85. The third-order valence-electron chi connectivity index (χ3n) is 5.67. The Morgan fingerprint density at radius 3 is 2.62 bits per heavy atom. The number of allylic oxidation sites excluding steroid dienone is 1. The number of carbonyl (C=O) groups excluding carboxylic acids is 1. The molecule has 0 saturated heterocycles. The minimum Gasteiger partial charge on any atom is -0.493 e. The van der Waals surface area contributed by atoms with Crippen LogP contribution < -0.4 is 10.1 Å². The summed E-state index contributed by atoms with van der Waals surface area (Å²) >= 11 is 6.19. The largest absolute Gasteiger partial charge is 0.493 e. The van der Waals surface area contributed by atoms with E-state index in [1.165, 1.54) is 12.1 Å². The lowest BCUT2D eigenvalue weighted by molar-refractivity contribution is -0.116. The van der Waals surface area contributed by atoms with E-state index in [9.17, 15) is 9.18 Å². The molecule has 174 valence electrons. The van der Waals surface area contributed by atoms with Crippen molar-refractivity contribution in [2.45, 2.75) is 27.3 Å². The molecule has 1 aromatic heterocycles. The van der Waals surface area contributed by atoms with E-state index >= 15 is 0 Å². The number of ether oxygens (including phenoxy) is 1. The normalized spacial score (nSPS) is 11.6. The molecule has 0 spiro atoms. The van der Waals surface area contributed by atoms with Crippen LogP contribution in [-0.4, -0.2) is 12.5 Å². The molecule has 0 bridgehead atoms. The van der Waals surface area contributed by atoms with Crippen LogP contribution in [-0.2, 0) is 11.3 Å². The van der Waals surface area contributed by atoms with Crippen LogP contribution in [0.3, 0.4) is 0 Å². The van der Waals surface area contributed by atoms with E-state index in [1.807, 2.05) is 45.0 Å². The van der Waals surface area contributed by atoms with Gasteiger partial charge in [0.1, 0.15) is 17.1 Å². The summed E-state index contributed by atoms with van der Waals surface area (Å²) < 4.78 is 25.3. The summed E-state index contributed by atoms with van der Waals surface area (Å²) in [5.41, 5.74) is 5.61. The molecular weight excluding hydrogens is 453 g/mol. The maximum Gasteiger partial charge on any atom is 0.244 e. The first-order valence-electron chi connectivity index (χ1n) is 11.0. The Labute approximate surface area is 203 Å². The van der Waals surface area contributed by atoms with Gasteiger partial charge in [-0.25, -0.2) is 4.39 Å². The van der Waals surface area contributed by atoms with E-state index < -0.39 is 0 Å². The molecule has 0 radical (unpaired) electrons.